The van der Waals surface area contributed by atoms with Crippen molar-refractivity contribution in [2.24, 2.45) is 0 Å². The van der Waals surface area contributed by atoms with Gasteiger partial charge in [-0.3, -0.25) is 0 Å². The van der Waals surface area contributed by atoms with Crippen molar-refractivity contribution >= 4 is 21.7 Å². The van der Waals surface area contributed by atoms with Gasteiger partial charge in [0.1, 0.15) is 17.8 Å². The number of nitrogens with zero attached hydrogens (tertiary/aromatic N) is 3. The van der Waals surface area contributed by atoms with E-state index in [2.05, 4.69) is 43.1 Å². The topological polar surface area (TPSA) is 63.8 Å². The zero-order chi connectivity index (χ0) is 13.1. The van der Waals surface area contributed by atoms with Crippen LogP contribution in [-0.2, 0) is 6.42 Å². The van der Waals surface area contributed by atoms with Crippen molar-refractivity contribution in [3.05, 3.63) is 22.3 Å². The smallest absolute Gasteiger partial charge is 0.191 e. The Hall–Kier alpha value is -1.43. The van der Waals surface area contributed by atoms with Crippen molar-refractivity contribution in [2.75, 3.05) is 12.4 Å². The highest BCUT2D eigenvalue weighted by Gasteiger charge is 2.14. The van der Waals surface area contributed by atoms with Crippen LogP contribution in [0.3, 0.4) is 0 Å². The fraction of sp³-hybridized carbons (Fsp3) is 0.417. The van der Waals surface area contributed by atoms with Crippen LogP contribution < -0.4 is 5.32 Å². The first kappa shape index (κ1) is 13.0. The lowest BCUT2D eigenvalue weighted by Gasteiger charge is -2.09. The van der Waals surface area contributed by atoms with Gasteiger partial charge in [0.15, 0.2) is 11.7 Å². The number of oxazole rings is 1. The lowest BCUT2D eigenvalue weighted by Crippen LogP contribution is -2.03. The quantitative estimate of drug-likeness (QED) is 0.939. The van der Waals surface area contributed by atoms with E-state index < -0.39 is 0 Å². The van der Waals surface area contributed by atoms with E-state index in [0.29, 0.717) is 17.4 Å². The van der Waals surface area contributed by atoms with Crippen LogP contribution >= 0.6 is 15.9 Å². The van der Waals surface area contributed by atoms with Crippen LogP contribution in [-0.4, -0.2) is 22.0 Å². The van der Waals surface area contributed by atoms with Gasteiger partial charge in [0.05, 0.1) is 10.2 Å². The summed E-state index contributed by atoms with van der Waals surface area (Å²) in [7, 11) is 1.83. The summed E-state index contributed by atoms with van der Waals surface area (Å²) in [5, 5.41) is 3.05. The van der Waals surface area contributed by atoms with E-state index in [1.165, 1.54) is 0 Å². The number of halogens is 1. The second-order valence-corrected chi connectivity index (χ2v) is 4.70. The van der Waals surface area contributed by atoms with Crippen LogP contribution in [0.2, 0.25) is 0 Å². The summed E-state index contributed by atoms with van der Waals surface area (Å²) >= 11 is 3.52. The number of hydrogen-bond acceptors (Lipinski definition) is 5. The number of hydrogen-bond donors (Lipinski definition) is 1. The minimum Gasteiger partial charge on any atom is -0.449 e. The Balaban J connectivity index is 2.51. The molecule has 0 aromatic carbocycles. The van der Waals surface area contributed by atoms with E-state index in [1.807, 2.05) is 7.05 Å². The van der Waals surface area contributed by atoms with E-state index in [-0.39, 0.29) is 0 Å². The predicted molar refractivity (Wildman–Crippen MR) is 73.5 cm³/mol. The molecule has 0 radical (unpaired) electrons. The molecule has 0 fully saturated rings. The summed E-state index contributed by atoms with van der Waals surface area (Å²) in [5.74, 6) is 1.96. The van der Waals surface area contributed by atoms with Gasteiger partial charge in [-0.25, -0.2) is 15.0 Å². The van der Waals surface area contributed by atoms with Gasteiger partial charge in [0.2, 0.25) is 0 Å². The van der Waals surface area contributed by atoms with E-state index >= 15 is 0 Å². The molecule has 6 heteroatoms. The third kappa shape index (κ3) is 2.53. The maximum Gasteiger partial charge on any atom is 0.191 e. The van der Waals surface area contributed by atoms with Gasteiger partial charge in [-0.1, -0.05) is 13.3 Å². The van der Waals surface area contributed by atoms with E-state index in [0.717, 1.165) is 28.8 Å². The van der Waals surface area contributed by atoms with Crippen LogP contribution in [0.5, 0.6) is 0 Å². The second kappa shape index (κ2) is 5.48. The van der Waals surface area contributed by atoms with E-state index in [9.17, 15) is 0 Å². The van der Waals surface area contributed by atoms with Crippen LogP contribution in [0.1, 0.15) is 24.9 Å². The average molecular weight is 311 g/mol. The Morgan fingerprint density at radius 3 is 2.67 bits per heavy atom. The molecule has 0 saturated heterocycles. The molecule has 0 saturated carbocycles. The first-order chi connectivity index (χ1) is 8.65. The molecule has 18 heavy (non-hydrogen) atoms. The first-order valence-corrected chi connectivity index (χ1v) is 6.61. The molecule has 0 aliphatic heterocycles. The lowest BCUT2D eigenvalue weighted by atomic mass is 10.2. The van der Waals surface area contributed by atoms with Gasteiger partial charge >= 0.3 is 0 Å². The maximum absolute atomic E-state index is 5.20. The molecule has 96 valence electrons. The fourth-order valence-electron chi connectivity index (χ4n) is 1.64. The molecule has 2 aromatic heterocycles. The SMILES string of the molecule is CCCc1nc(-c2coc(C)n2)nc(NC)c1Br. The van der Waals surface area contributed by atoms with Crippen molar-refractivity contribution < 1.29 is 4.42 Å². The molecule has 0 aliphatic rings. The molecular formula is C12H15BrN4O. The molecule has 1 N–H and O–H groups in total. The molecule has 2 heterocycles. The summed E-state index contributed by atoms with van der Waals surface area (Å²) in [5.41, 5.74) is 1.64. The summed E-state index contributed by atoms with van der Waals surface area (Å²) in [6.07, 6.45) is 3.49. The second-order valence-electron chi connectivity index (χ2n) is 3.91. The number of aromatic nitrogens is 3. The van der Waals surface area contributed by atoms with Crippen molar-refractivity contribution in [3.63, 3.8) is 0 Å². The fourth-order valence-corrected chi connectivity index (χ4v) is 2.22. The highest BCUT2D eigenvalue weighted by Crippen LogP contribution is 2.27. The van der Waals surface area contributed by atoms with Crippen LogP contribution in [0.25, 0.3) is 11.5 Å². The number of rotatable bonds is 4. The molecule has 0 spiro atoms. The Morgan fingerprint density at radius 1 is 1.33 bits per heavy atom. The van der Waals surface area contributed by atoms with Gasteiger partial charge in [0.25, 0.3) is 0 Å². The minimum absolute atomic E-state index is 0.586. The highest BCUT2D eigenvalue weighted by molar-refractivity contribution is 9.10. The summed E-state index contributed by atoms with van der Waals surface area (Å²) < 4.78 is 6.11. The molecule has 0 atom stereocenters. The summed E-state index contributed by atoms with van der Waals surface area (Å²) in [4.78, 5) is 13.2. The number of anilines is 1. The van der Waals surface area contributed by atoms with Gasteiger partial charge < -0.3 is 9.73 Å². The molecule has 5 nitrogen and oxygen atoms in total. The lowest BCUT2D eigenvalue weighted by molar-refractivity contribution is 0.521. The van der Waals surface area contributed by atoms with Crippen molar-refractivity contribution in [3.8, 4) is 11.5 Å². The van der Waals surface area contributed by atoms with Gasteiger partial charge in [0, 0.05) is 14.0 Å². The summed E-state index contributed by atoms with van der Waals surface area (Å²) in [6.45, 7) is 3.92. The minimum atomic E-state index is 0.586. The van der Waals surface area contributed by atoms with Crippen molar-refractivity contribution in [1.82, 2.24) is 15.0 Å². The van der Waals surface area contributed by atoms with E-state index in [4.69, 9.17) is 4.42 Å². The molecule has 0 aliphatic carbocycles. The van der Waals surface area contributed by atoms with Gasteiger partial charge in [-0.2, -0.15) is 0 Å². The maximum atomic E-state index is 5.20. The van der Waals surface area contributed by atoms with Crippen LogP contribution in [0.4, 0.5) is 5.82 Å². The average Bonchev–Trinajstić information content (AvgIpc) is 2.79. The summed E-state index contributed by atoms with van der Waals surface area (Å²) in [6, 6.07) is 0. The van der Waals surface area contributed by atoms with Gasteiger partial charge in [-0.05, 0) is 22.4 Å². The zero-order valence-corrected chi connectivity index (χ0v) is 12.2. The monoisotopic (exact) mass is 310 g/mol. The van der Waals surface area contributed by atoms with Crippen molar-refractivity contribution in [1.29, 1.82) is 0 Å². The standard InChI is InChI=1S/C12H15BrN4O/c1-4-5-8-10(13)12(14-3)17-11(16-8)9-6-18-7(2)15-9/h6H,4-5H2,1-3H3,(H,14,16,17). The normalized spacial score (nSPS) is 10.7. The third-order valence-electron chi connectivity index (χ3n) is 2.49. The first-order valence-electron chi connectivity index (χ1n) is 5.82. The third-order valence-corrected chi connectivity index (χ3v) is 3.32. The van der Waals surface area contributed by atoms with Crippen LogP contribution in [0, 0.1) is 6.92 Å². The Bertz CT molecular complexity index is 553. The highest BCUT2D eigenvalue weighted by atomic mass is 79.9. The molecule has 2 rings (SSSR count). The zero-order valence-electron chi connectivity index (χ0n) is 10.6. The van der Waals surface area contributed by atoms with Crippen molar-refractivity contribution in [2.45, 2.75) is 26.7 Å². The number of nitrogens with one attached hydrogen (secondary N) is 1. The predicted octanol–water partition coefficient (Wildman–Crippen LogP) is 3.20. The van der Waals surface area contributed by atoms with Crippen LogP contribution in [0.15, 0.2) is 15.2 Å². The van der Waals surface area contributed by atoms with E-state index in [1.54, 1.807) is 13.2 Å². The van der Waals surface area contributed by atoms with Gasteiger partial charge in [-0.15, -0.1) is 0 Å². The molecule has 0 amide bonds. The molecule has 0 bridgehead atoms. The Labute approximate surface area is 114 Å². The molecule has 2 aromatic rings. The number of aryl methyl sites for hydroxylation is 2. The molecular weight excluding hydrogens is 296 g/mol. The largest absolute Gasteiger partial charge is 0.449 e. The Kier molecular flexibility index (Phi) is 3.96. The molecule has 0 unspecified atom stereocenters. The Morgan fingerprint density at radius 2 is 2.11 bits per heavy atom.